The van der Waals surface area contributed by atoms with Gasteiger partial charge in [-0.3, -0.25) is 0 Å². The van der Waals surface area contributed by atoms with Crippen LogP contribution in [-0.2, 0) is 0 Å². The molecule has 1 fully saturated rings. The molecule has 1 aliphatic heterocycles. The standard InChI is InChI=1S/C44H53ClF2N4/c1-26(2)35-14-11-15-36(27(3)4)40(35)44(49-42-37(28(5)6)16-12-17-38(42)29(7)8)51-19-13-18-50(25-51)43(32-22-33(46)24-34(47)23-32)48-41-31(10)20-30(9)21-39(41)45/h11-12,14-17,20-24,26-29H,13,18-19,25H2,1-10H3. The second-order valence-corrected chi connectivity index (χ2v) is 15.6. The Balaban J connectivity index is 1.77. The Bertz CT molecular complexity index is 1850. The number of benzene rings is 4. The van der Waals surface area contributed by atoms with Gasteiger partial charge < -0.3 is 9.80 Å². The largest absolute Gasteiger partial charge is 0.338 e. The fourth-order valence-corrected chi connectivity index (χ4v) is 7.51. The van der Waals surface area contributed by atoms with Crippen molar-refractivity contribution >= 4 is 34.6 Å². The van der Waals surface area contributed by atoms with Gasteiger partial charge in [-0.05, 0) is 95.5 Å². The average Bonchev–Trinajstić information content (AvgIpc) is 3.05. The van der Waals surface area contributed by atoms with E-state index in [2.05, 4.69) is 102 Å². The Hall–Kier alpha value is -4.03. The van der Waals surface area contributed by atoms with Gasteiger partial charge in [0, 0.05) is 30.3 Å². The molecule has 4 aromatic rings. The van der Waals surface area contributed by atoms with Crippen molar-refractivity contribution in [3.8, 4) is 0 Å². The van der Waals surface area contributed by atoms with Crippen molar-refractivity contribution in [2.45, 2.75) is 99.3 Å². The number of para-hydroxylation sites is 1. The summed E-state index contributed by atoms with van der Waals surface area (Å²) in [5.74, 6) is 1.14. The van der Waals surface area contributed by atoms with Gasteiger partial charge in [-0.2, -0.15) is 0 Å². The molecule has 0 N–H and O–H groups in total. The quantitative estimate of drug-likeness (QED) is 0.135. The number of rotatable bonds is 8. The molecule has 7 heteroatoms. The second-order valence-electron chi connectivity index (χ2n) is 15.2. The van der Waals surface area contributed by atoms with E-state index in [1.54, 1.807) is 0 Å². The number of amidine groups is 2. The first kappa shape index (κ1) is 38.2. The lowest BCUT2D eigenvalue weighted by atomic mass is 9.87. The highest BCUT2D eigenvalue weighted by Crippen LogP contribution is 2.38. The Labute approximate surface area is 309 Å². The van der Waals surface area contributed by atoms with Gasteiger partial charge in [0.25, 0.3) is 0 Å². The predicted molar refractivity (Wildman–Crippen MR) is 212 cm³/mol. The monoisotopic (exact) mass is 710 g/mol. The van der Waals surface area contributed by atoms with E-state index in [9.17, 15) is 8.78 Å². The van der Waals surface area contributed by atoms with E-state index in [0.717, 1.165) is 47.2 Å². The first-order valence-corrected chi connectivity index (χ1v) is 18.7. The van der Waals surface area contributed by atoms with Crippen LogP contribution in [0.25, 0.3) is 0 Å². The van der Waals surface area contributed by atoms with Gasteiger partial charge in [0.05, 0.1) is 23.1 Å². The molecule has 0 radical (unpaired) electrons. The summed E-state index contributed by atoms with van der Waals surface area (Å²) in [5.41, 5.74) is 9.95. The third-order valence-electron chi connectivity index (χ3n) is 9.69. The molecule has 0 aromatic heterocycles. The van der Waals surface area contributed by atoms with Gasteiger partial charge in [-0.1, -0.05) is 109 Å². The molecule has 5 rings (SSSR count). The van der Waals surface area contributed by atoms with Crippen LogP contribution in [0.3, 0.4) is 0 Å². The SMILES string of the molecule is Cc1cc(C)c(N=C(c2cc(F)cc(F)c2)N2CCCN(C(=Nc3c(C(C)C)cccc3C(C)C)c3c(C(C)C)cccc3C(C)C)C2)c(Cl)c1. The fraction of sp³-hybridized carbons (Fsp3) is 0.409. The van der Waals surface area contributed by atoms with Gasteiger partial charge >= 0.3 is 0 Å². The van der Waals surface area contributed by atoms with E-state index in [4.69, 9.17) is 21.6 Å². The van der Waals surface area contributed by atoms with E-state index in [1.807, 2.05) is 26.0 Å². The zero-order valence-corrected chi connectivity index (χ0v) is 32.7. The Morgan fingerprint density at radius 3 is 1.59 bits per heavy atom. The van der Waals surface area contributed by atoms with Gasteiger partial charge in [0.2, 0.25) is 0 Å². The minimum atomic E-state index is -0.653. The third-order valence-corrected chi connectivity index (χ3v) is 9.98. The van der Waals surface area contributed by atoms with Crippen molar-refractivity contribution in [3.05, 3.63) is 128 Å². The van der Waals surface area contributed by atoms with Gasteiger partial charge in [0.15, 0.2) is 0 Å². The maximum Gasteiger partial charge on any atom is 0.138 e. The van der Waals surface area contributed by atoms with Gasteiger partial charge in [-0.15, -0.1) is 0 Å². The van der Waals surface area contributed by atoms with Crippen LogP contribution < -0.4 is 0 Å². The van der Waals surface area contributed by atoms with Gasteiger partial charge in [0.1, 0.15) is 23.3 Å². The lowest BCUT2D eigenvalue weighted by molar-refractivity contribution is 0.214. The lowest BCUT2D eigenvalue weighted by Crippen LogP contribution is -2.50. The maximum absolute atomic E-state index is 14.9. The van der Waals surface area contributed by atoms with Crippen molar-refractivity contribution in [3.63, 3.8) is 0 Å². The number of hydrogen-bond acceptors (Lipinski definition) is 2. The summed E-state index contributed by atoms with van der Waals surface area (Å²) in [5, 5.41) is 0.497. The van der Waals surface area contributed by atoms with Crippen LogP contribution in [0, 0.1) is 25.5 Å². The van der Waals surface area contributed by atoms with Crippen LogP contribution in [0.4, 0.5) is 20.2 Å². The lowest BCUT2D eigenvalue weighted by Gasteiger charge is -2.40. The Morgan fingerprint density at radius 2 is 1.10 bits per heavy atom. The third kappa shape index (κ3) is 8.55. The first-order chi connectivity index (χ1) is 24.2. The highest BCUT2D eigenvalue weighted by Gasteiger charge is 2.30. The molecule has 0 aliphatic carbocycles. The highest BCUT2D eigenvalue weighted by atomic mass is 35.5. The first-order valence-electron chi connectivity index (χ1n) is 18.3. The van der Waals surface area contributed by atoms with E-state index >= 15 is 0 Å². The van der Waals surface area contributed by atoms with Crippen LogP contribution in [0.15, 0.2) is 76.7 Å². The maximum atomic E-state index is 14.9. The molecule has 4 nitrogen and oxygen atoms in total. The molecule has 0 spiro atoms. The van der Waals surface area contributed by atoms with Crippen molar-refractivity contribution in [2.24, 2.45) is 9.98 Å². The summed E-state index contributed by atoms with van der Waals surface area (Å²) in [7, 11) is 0. The topological polar surface area (TPSA) is 31.2 Å². The zero-order valence-electron chi connectivity index (χ0n) is 31.9. The molecule has 0 saturated carbocycles. The summed E-state index contributed by atoms with van der Waals surface area (Å²) in [6.07, 6.45) is 0.792. The van der Waals surface area contributed by atoms with Crippen molar-refractivity contribution in [1.29, 1.82) is 0 Å². The van der Waals surface area contributed by atoms with Crippen LogP contribution in [0.2, 0.25) is 5.02 Å². The van der Waals surface area contributed by atoms with E-state index in [0.29, 0.717) is 35.3 Å². The normalized spacial score (nSPS) is 14.5. The van der Waals surface area contributed by atoms with Crippen LogP contribution in [0.5, 0.6) is 0 Å². The number of aryl methyl sites for hydroxylation is 2. The molecule has 1 heterocycles. The molecule has 51 heavy (non-hydrogen) atoms. The average molecular weight is 711 g/mol. The molecule has 270 valence electrons. The zero-order chi connectivity index (χ0) is 37.1. The number of hydrogen-bond donors (Lipinski definition) is 0. The predicted octanol–water partition coefficient (Wildman–Crippen LogP) is 12.6. The van der Waals surface area contributed by atoms with E-state index in [-0.39, 0.29) is 23.7 Å². The summed E-state index contributed by atoms with van der Waals surface area (Å²) < 4.78 is 29.7. The molecular formula is C44H53ClF2N4. The van der Waals surface area contributed by atoms with Crippen LogP contribution >= 0.6 is 11.6 Å². The number of aliphatic imine (C=N–C) groups is 2. The Kier molecular flexibility index (Phi) is 12.1. The van der Waals surface area contributed by atoms with Crippen molar-refractivity contribution in [2.75, 3.05) is 19.8 Å². The molecule has 0 bridgehead atoms. The summed E-state index contributed by atoms with van der Waals surface area (Å²) >= 11 is 6.79. The molecular weight excluding hydrogens is 658 g/mol. The minimum Gasteiger partial charge on any atom is -0.338 e. The molecule has 0 amide bonds. The number of nitrogens with zero attached hydrogens (tertiary/aromatic N) is 4. The van der Waals surface area contributed by atoms with E-state index in [1.165, 1.54) is 34.4 Å². The van der Waals surface area contributed by atoms with E-state index < -0.39 is 11.6 Å². The second kappa shape index (κ2) is 16.1. The summed E-state index contributed by atoms with van der Waals surface area (Å²) in [6.45, 7) is 23.6. The van der Waals surface area contributed by atoms with Crippen molar-refractivity contribution < 1.29 is 8.78 Å². The van der Waals surface area contributed by atoms with Crippen LogP contribution in [0.1, 0.15) is 130 Å². The highest BCUT2D eigenvalue weighted by molar-refractivity contribution is 6.33. The molecule has 0 unspecified atom stereocenters. The smallest absolute Gasteiger partial charge is 0.138 e. The molecule has 1 aliphatic rings. The minimum absolute atomic E-state index is 0.258. The molecule has 1 saturated heterocycles. The van der Waals surface area contributed by atoms with Crippen LogP contribution in [-0.4, -0.2) is 41.2 Å². The Morgan fingerprint density at radius 1 is 0.627 bits per heavy atom. The number of halogens is 3. The van der Waals surface area contributed by atoms with Crippen molar-refractivity contribution in [1.82, 2.24) is 9.80 Å². The molecule has 0 atom stereocenters. The summed E-state index contributed by atoms with van der Waals surface area (Å²) in [6, 6.07) is 20.7. The fourth-order valence-electron chi connectivity index (χ4n) is 7.14. The molecule has 4 aromatic carbocycles. The summed E-state index contributed by atoms with van der Waals surface area (Å²) in [4.78, 5) is 15.3. The van der Waals surface area contributed by atoms with Gasteiger partial charge in [-0.25, -0.2) is 18.8 Å².